The van der Waals surface area contributed by atoms with Crippen molar-refractivity contribution in [3.63, 3.8) is 0 Å². The lowest BCUT2D eigenvalue weighted by Gasteiger charge is -2.12. The third-order valence-corrected chi connectivity index (χ3v) is 6.02. The van der Waals surface area contributed by atoms with Gasteiger partial charge < -0.3 is 0 Å². The molecule has 2 aromatic heterocycles. The molecule has 2 aromatic carbocycles. The van der Waals surface area contributed by atoms with Gasteiger partial charge in [0.1, 0.15) is 5.82 Å². The molecule has 3 heteroatoms. The quantitative estimate of drug-likeness (QED) is 0.389. The molecule has 0 aliphatic rings. The second kappa shape index (κ2) is 8.43. The summed E-state index contributed by atoms with van der Waals surface area (Å²) >= 11 is 1.78. The lowest BCUT2D eigenvalue weighted by atomic mass is 9.95. The summed E-state index contributed by atoms with van der Waals surface area (Å²) in [5.41, 5.74) is 8.34. The van der Waals surface area contributed by atoms with Crippen molar-refractivity contribution in [2.45, 2.75) is 26.7 Å². The first kappa shape index (κ1) is 19.1. The summed E-state index contributed by atoms with van der Waals surface area (Å²) in [4.78, 5) is 10.6. The molecule has 0 unspecified atom stereocenters. The number of nitrogens with zero attached hydrogens (tertiary/aromatic N) is 2. The Morgan fingerprint density at radius 3 is 2.38 bits per heavy atom. The van der Waals surface area contributed by atoms with Crippen LogP contribution in [0.1, 0.15) is 39.3 Å². The van der Waals surface area contributed by atoms with E-state index >= 15 is 0 Å². The van der Waals surface area contributed by atoms with Crippen LogP contribution in [0.25, 0.3) is 10.4 Å². The minimum absolute atomic E-state index is 0.702. The number of rotatable bonds is 5. The van der Waals surface area contributed by atoms with Gasteiger partial charge in [-0.2, -0.15) is 0 Å². The van der Waals surface area contributed by atoms with Crippen LogP contribution >= 0.6 is 11.3 Å². The van der Waals surface area contributed by atoms with Crippen molar-refractivity contribution in [1.29, 1.82) is 0 Å². The first-order valence-corrected chi connectivity index (χ1v) is 10.5. The molecule has 0 saturated carbocycles. The van der Waals surface area contributed by atoms with Gasteiger partial charge >= 0.3 is 0 Å². The molecule has 4 aromatic rings. The Kier molecular flexibility index (Phi) is 5.55. The van der Waals surface area contributed by atoms with Gasteiger partial charge in [-0.1, -0.05) is 36.3 Å². The van der Waals surface area contributed by atoms with Gasteiger partial charge in [0, 0.05) is 35.2 Å². The van der Waals surface area contributed by atoms with Gasteiger partial charge in [-0.05, 0) is 71.3 Å². The van der Waals surface area contributed by atoms with Gasteiger partial charge in [0.2, 0.25) is 0 Å². The smallest absolute Gasteiger partial charge is 0.132 e. The molecule has 142 valence electrons. The normalized spacial score (nSPS) is 10.7. The van der Waals surface area contributed by atoms with Crippen LogP contribution in [-0.2, 0) is 12.8 Å². The standard InChI is InChI=1S/C26H22N2S/c1-4-20-7-9-21(10-8-20)16-26-27-12-11-23(28-26)17-24-18(2)14-22(15-19(24)3)25-6-5-13-29-25/h1,5-15H,16-17H2,2-3H3. The molecule has 0 radical (unpaired) electrons. The molecule has 29 heavy (non-hydrogen) atoms. The Morgan fingerprint density at radius 2 is 1.72 bits per heavy atom. The van der Waals surface area contributed by atoms with E-state index in [0.29, 0.717) is 6.42 Å². The predicted molar refractivity (Wildman–Crippen MR) is 121 cm³/mol. The summed E-state index contributed by atoms with van der Waals surface area (Å²) < 4.78 is 0. The maximum absolute atomic E-state index is 5.43. The topological polar surface area (TPSA) is 25.8 Å². The Bertz CT molecular complexity index is 1140. The first-order chi connectivity index (χ1) is 14.1. The van der Waals surface area contributed by atoms with E-state index in [9.17, 15) is 0 Å². The van der Waals surface area contributed by atoms with E-state index in [1.165, 1.54) is 27.1 Å². The fraction of sp³-hybridized carbons (Fsp3) is 0.154. The van der Waals surface area contributed by atoms with Crippen molar-refractivity contribution in [1.82, 2.24) is 9.97 Å². The average Bonchev–Trinajstić information content (AvgIpc) is 3.26. The highest BCUT2D eigenvalue weighted by molar-refractivity contribution is 7.13. The summed E-state index contributed by atoms with van der Waals surface area (Å²) in [5, 5.41) is 2.12. The minimum atomic E-state index is 0.702. The molecule has 0 saturated heterocycles. The Morgan fingerprint density at radius 1 is 0.966 bits per heavy atom. The van der Waals surface area contributed by atoms with Gasteiger partial charge in [-0.15, -0.1) is 17.8 Å². The molecule has 0 aliphatic carbocycles. The zero-order chi connectivity index (χ0) is 20.2. The van der Waals surface area contributed by atoms with E-state index in [4.69, 9.17) is 11.4 Å². The van der Waals surface area contributed by atoms with Crippen LogP contribution in [0.3, 0.4) is 0 Å². The molecule has 0 fully saturated rings. The Labute approximate surface area is 176 Å². The lowest BCUT2D eigenvalue weighted by molar-refractivity contribution is 0.912. The highest BCUT2D eigenvalue weighted by Gasteiger charge is 2.10. The zero-order valence-electron chi connectivity index (χ0n) is 16.6. The number of hydrogen-bond acceptors (Lipinski definition) is 3. The van der Waals surface area contributed by atoms with E-state index in [1.54, 1.807) is 11.3 Å². The summed E-state index contributed by atoms with van der Waals surface area (Å²) in [5.74, 6) is 3.48. The van der Waals surface area contributed by atoms with Crippen LogP contribution in [0.5, 0.6) is 0 Å². The number of thiophene rings is 1. The summed E-state index contributed by atoms with van der Waals surface area (Å²) in [6.45, 7) is 4.38. The molecule has 0 spiro atoms. The minimum Gasteiger partial charge on any atom is -0.241 e. The van der Waals surface area contributed by atoms with E-state index in [1.807, 2.05) is 36.5 Å². The van der Waals surface area contributed by atoms with Crippen molar-refractivity contribution in [2.75, 3.05) is 0 Å². The molecular weight excluding hydrogens is 372 g/mol. The Balaban J connectivity index is 1.55. The van der Waals surface area contributed by atoms with E-state index < -0.39 is 0 Å². The zero-order valence-corrected chi connectivity index (χ0v) is 17.5. The molecule has 0 amide bonds. The summed E-state index contributed by atoms with van der Waals surface area (Å²) in [6.07, 6.45) is 8.81. The number of terminal acetylenes is 1. The van der Waals surface area contributed by atoms with Crippen LogP contribution in [-0.4, -0.2) is 9.97 Å². The van der Waals surface area contributed by atoms with Crippen molar-refractivity contribution >= 4 is 11.3 Å². The summed E-state index contributed by atoms with van der Waals surface area (Å²) in [6, 6.07) is 18.9. The fourth-order valence-electron chi connectivity index (χ4n) is 3.56. The molecule has 0 bridgehead atoms. The lowest BCUT2D eigenvalue weighted by Crippen LogP contribution is -2.03. The van der Waals surface area contributed by atoms with Crippen LogP contribution in [0.15, 0.2) is 66.2 Å². The molecule has 4 rings (SSSR count). The fourth-order valence-corrected chi connectivity index (χ4v) is 4.28. The number of hydrogen-bond donors (Lipinski definition) is 0. The van der Waals surface area contributed by atoms with Crippen molar-refractivity contribution in [3.05, 3.63) is 106 Å². The van der Waals surface area contributed by atoms with Crippen molar-refractivity contribution in [2.24, 2.45) is 0 Å². The van der Waals surface area contributed by atoms with Gasteiger partial charge in [0.25, 0.3) is 0 Å². The second-order valence-corrected chi connectivity index (χ2v) is 8.17. The molecule has 0 N–H and O–H groups in total. The SMILES string of the molecule is C#Cc1ccc(Cc2nccc(Cc3c(C)cc(-c4cccs4)cc3C)n2)cc1. The van der Waals surface area contributed by atoms with Crippen molar-refractivity contribution in [3.8, 4) is 22.8 Å². The molecule has 2 heterocycles. The van der Waals surface area contributed by atoms with E-state index in [-0.39, 0.29) is 0 Å². The number of aromatic nitrogens is 2. The number of benzene rings is 2. The average molecular weight is 395 g/mol. The molecule has 2 nitrogen and oxygen atoms in total. The van der Waals surface area contributed by atoms with Gasteiger partial charge in [0.15, 0.2) is 0 Å². The Hall–Kier alpha value is -3.22. The molecular formula is C26H22N2S. The van der Waals surface area contributed by atoms with Crippen LogP contribution in [0.2, 0.25) is 0 Å². The third kappa shape index (κ3) is 4.45. The third-order valence-electron chi connectivity index (χ3n) is 5.11. The largest absolute Gasteiger partial charge is 0.241 e. The number of aryl methyl sites for hydroxylation is 2. The van der Waals surface area contributed by atoms with Gasteiger partial charge in [0.05, 0.1) is 0 Å². The second-order valence-electron chi connectivity index (χ2n) is 7.22. The summed E-state index contributed by atoms with van der Waals surface area (Å²) in [7, 11) is 0. The maximum atomic E-state index is 5.43. The van der Waals surface area contributed by atoms with Crippen LogP contribution in [0.4, 0.5) is 0 Å². The highest BCUT2D eigenvalue weighted by atomic mass is 32.1. The molecule has 0 atom stereocenters. The van der Waals surface area contributed by atoms with Crippen molar-refractivity contribution < 1.29 is 0 Å². The van der Waals surface area contributed by atoms with E-state index in [0.717, 1.165) is 29.1 Å². The highest BCUT2D eigenvalue weighted by Crippen LogP contribution is 2.29. The van der Waals surface area contributed by atoms with Gasteiger partial charge in [-0.25, -0.2) is 9.97 Å². The van der Waals surface area contributed by atoms with Crippen LogP contribution in [0, 0.1) is 26.2 Å². The monoisotopic (exact) mass is 394 g/mol. The first-order valence-electron chi connectivity index (χ1n) is 9.63. The van der Waals surface area contributed by atoms with Crippen LogP contribution < -0.4 is 0 Å². The van der Waals surface area contributed by atoms with Gasteiger partial charge in [-0.3, -0.25) is 0 Å². The predicted octanol–water partition coefficient (Wildman–Crippen LogP) is 5.98. The molecule has 0 aliphatic heterocycles. The van der Waals surface area contributed by atoms with E-state index in [2.05, 4.69) is 54.4 Å². The maximum Gasteiger partial charge on any atom is 0.132 e.